The van der Waals surface area contributed by atoms with Gasteiger partial charge in [-0.25, -0.2) is 0 Å². The largest absolute Gasteiger partial charge is 0.500 e. The maximum atomic E-state index is 12.6. The van der Waals surface area contributed by atoms with E-state index >= 15 is 0 Å². The van der Waals surface area contributed by atoms with Gasteiger partial charge in [-0.2, -0.15) is 0 Å². The molecule has 1 amide bonds. The third-order valence-electron chi connectivity index (χ3n) is 4.97. The molecule has 3 rings (SSSR count). The number of aromatic nitrogens is 1. The lowest BCUT2D eigenvalue weighted by molar-refractivity contribution is 0.0944. The average Bonchev–Trinajstić information content (AvgIpc) is 2.71. The Morgan fingerprint density at radius 3 is 2.60 bits per heavy atom. The van der Waals surface area contributed by atoms with Crippen LogP contribution in [0.2, 0.25) is 5.02 Å². The van der Waals surface area contributed by atoms with Gasteiger partial charge in [-0.3, -0.25) is 9.59 Å². The van der Waals surface area contributed by atoms with Gasteiger partial charge in [-0.15, -0.1) is 0 Å². The molecule has 0 aliphatic heterocycles. The fourth-order valence-electron chi connectivity index (χ4n) is 3.48. The van der Waals surface area contributed by atoms with Gasteiger partial charge in [-0.05, 0) is 66.5 Å². The van der Waals surface area contributed by atoms with Crippen molar-refractivity contribution in [3.8, 4) is 0 Å². The SMILES string of the molecule is CCCCc1cccc2[nH]c(=O)cc(CC(NC(=O)c3ccc(Cl)cc3)C(O)=S)c12. The summed E-state index contributed by atoms with van der Waals surface area (Å²) in [6.07, 6.45) is 3.15. The number of nitrogens with one attached hydrogen (secondary N) is 2. The molecule has 3 aromatic rings. The van der Waals surface area contributed by atoms with Crippen LogP contribution in [0.1, 0.15) is 41.3 Å². The summed E-state index contributed by atoms with van der Waals surface area (Å²) in [7, 11) is 0. The number of hydrogen-bond acceptors (Lipinski definition) is 3. The summed E-state index contributed by atoms with van der Waals surface area (Å²) in [4.78, 5) is 27.7. The number of fused-ring (bicyclic) bond motifs is 1. The highest BCUT2D eigenvalue weighted by Crippen LogP contribution is 2.23. The van der Waals surface area contributed by atoms with Crippen LogP contribution in [-0.2, 0) is 12.8 Å². The van der Waals surface area contributed by atoms with Crippen molar-refractivity contribution in [2.45, 2.75) is 38.6 Å². The molecular formula is C23H23ClN2O3S. The van der Waals surface area contributed by atoms with Crippen molar-refractivity contribution < 1.29 is 9.90 Å². The molecule has 3 N–H and O–H groups in total. The van der Waals surface area contributed by atoms with E-state index in [1.807, 2.05) is 18.2 Å². The molecule has 0 radical (unpaired) electrons. The van der Waals surface area contributed by atoms with Gasteiger partial charge in [0.25, 0.3) is 5.91 Å². The Balaban J connectivity index is 1.94. The molecule has 0 bridgehead atoms. The van der Waals surface area contributed by atoms with E-state index in [2.05, 4.69) is 17.2 Å². The molecule has 1 aromatic heterocycles. The lowest BCUT2D eigenvalue weighted by Gasteiger charge is -2.19. The van der Waals surface area contributed by atoms with Gasteiger partial charge in [-0.1, -0.05) is 37.1 Å². The quantitative estimate of drug-likeness (QED) is 0.439. The second kappa shape index (κ2) is 9.87. The number of aryl methyl sites for hydroxylation is 1. The van der Waals surface area contributed by atoms with Crippen LogP contribution in [0.15, 0.2) is 53.3 Å². The van der Waals surface area contributed by atoms with Gasteiger partial charge in [0.1, 0.15) is 6.04 Å². The molecule has 156 valence electrons. The van der Waals surface area contributed by atoms with Crippen molar-refractivity contribution in [1.82, 2.24) is 10.3 Å². The minimum atomic E-state index is -0.813. The lowest BCUT2D eigenvalue weighted by atomic mass is 9.95. The predicted molar refractivity (Wildman–Crippen MR) is 125 cm³/mol. The molecule has 0 saturated heterocycles. The van der Waals surface area contributed by atoms with Crippen molar-refractivity contribution in [1.29, 1.82) is 0 Å². The van der Waals surface area contributed by atoms with Crippen molar-refractivity contribution >= 4 is 45.7 Å². The summed E-state index contributed by atoms with van der Waals surface area (Å²) in [6, 6.07) is 12.9. The third kappa shape index (κ3) is 5.26. The lowest BCUT2D eigenvalue weighted by Crippen LogP contribution is -2.41. The Bertz CT molecular complexity index is 1130. The monoisotopic (exact) mass is 442 g/mol. The maximum absolute atomic E-state index is 12.6. The first-order chi connectivity index (χ1) is 14.4. The maximum Gasteiger partial charge on any atom is 0.251 e. The number of hydrogen-bond donors (Lipinski definition) is 3. The summed E-state index contributed by atoms with van der Waals surface area (Å²) in [5.41, 5.74) is 2.75. The highest BCUT2D eigenvalue weighted by atomic mass is 35.5. The molecule has 0 spiro atoms. The number of carbonyl (C=O) groups excluding carboxylic acids is 1. The van der Waals surface area contributed by atoms with E-state index in [0.29, 0.717) is 10.6 Å². The first-order valence-corrected chi connectivity index (χ1v) is 10.6. The van der Waals surface area contributed by atoms with Crippen LogP contribution in [0.3, 0.4) is 0 Å². The van der Waals surface area contributed by atoms with E-state index in [1.165, 1.54) is 6.07 Å². The Labute approximate surface area is 185 Å². The molecule has 1 heterocycles. The van der Waals surface area contributed by atoms with Crippen molar-refractivity contribution in [2.75, 3.05) is 0 Å². The van der Waals surface area contributed by atoms with Gasteiger partial charge in [0, 0.05) is 34.0 Å². The number of carbonyl (C=O) groups is 1. The minimum absolute atomic E-state index is 0.207. The fraction of sp³-hybridized carbons (Fsp3) is 0.261. The number of rotatable bonds is 8. The molecule has 30 heavy (non-hydrogen) atoms. The number of benzene rings is 2. The first-order valence-electron chi connectivity index (χ1n) is 9.82. The van der Waals surface area contributed by atoms with Gasteiger partial charge < -0.3 is 15.4 Å². The van der Waals surface area contributed by atoms with Crippen LogP contribution in [0.5, 0.6) is 0 Å². The molecule has 0 fully saturated rings. The molecule has 1 atom stereocenters. The van der Waals surface area contributed by atoms with E-state index in [4.69, 9.17) is 23.8 Å². The number of H-pyrrole nitrogens is 1. The van der Waals surface area contributed by atoms with Crippen LogP contribution >= 0.6 is 23.8 Å². The molecule has 0 aliphatic rings. The zero-order chi connectivity index (χ0) is 21.7. The Morgan fingerprint density at radius 1 is 1.20 bits per heavy atom. The van der Waals surface area contributed by atoms with E-state index in [0.717, 1.165) is 41.3 Å². The number of aliphatic hydroxyl groups excluding tert-OH is 1. The fourth-order valence-corrected chi connectivity index (χ4v) is 3.75. The second-order valence-corrected chi connectivity index (χ2v) is 8.03. The number of halogens is 1. The number of aliphatic hydroxyl groups is 1. The molecule has 1 unspecified atom stereocenters. The van der Waals surface area contributed by atoms with Gasteiger partial charge in [0.15, 0.2) is 5.05 Å². The number of thiocarbonyl (C=S) groups is 1. The Hall–Kier alpha value is -2.70. The summed E-state index contributed by atoms with van der Waals surface area (Å²) >= 11 is 10.9. The van der Waals surface area contributed by atoms with Gasteiger partial charge in [0.2, 0.25) is 5.56 Å². The Kier molecular flexibility index (Phi) is 7.24. The first kappa shape index (κ1) is 22.0. The normalized spacial score (nSPS) is 11.9. The molecule has 0 saturated carbocycles. The predicted octanol–water partition coefficient (Wildman–Crippen LogP) is 4.75. The molecule has 5 nitrogen and oxygen atoms in total. The minimum Gasteiger partial charge on any atom is -0.500 e. The summed E-state index contributed by atoms with van der Waals surface area (Å²) in [5.74, 6) is -0.381. The smallest absolute Gasteiger partial charge is 0.251 e. The van der Waals surface area contributed by atoms with Gasteiger partial charge >= 0.3 is 0 Å². The van der Waals surface area contributed by atoms with E-state index in [-0.39, 0.29) is 22.9 Å². The van der Waals surface area contributed by atoms with E-state index in [1.54, 1.807) is 24.3 Å². The van der Waals surface area contributed by atoms with Crippen molar-refractivity contribution in [3.05, 3.63) is 80.6 Å². The van der Waals surface area contributed by atoms with Crippen molar-refractivity contribution in [2.24, 2.45) is 0 Å². The van der Waals surface area contributed by atoms with Crippen molar-refractivity contribution in [3.63, 3.8) is 0 Å². The average molecular weight is 443 g/mol. The number of amides is 1. The standard InChI is InChI=1S/C23H23ClN2O3S/c1-2-3-5-14-6-4-7-18-21(14)16(13-20(27)25-18)12-19(23(29)30)26-22(28)15-8-10-17(24)11-9-15/h4,6-11,13,19H,2-3,5,12H2,1H3,(H,25,27)(H,26,28)(H,29,30). The van der Waals surface area contributed by atoms with Crippen LogP contribution < -0.4 is 10.9 Å². The Morgan fingerprint density at radius 2 is 1.93 bits per heavy atom. The third-order valence-corrected chi connectivity index (χ3v) is 5.51. The van der Waals surface area contributed by atoms with Crippen LogP contribution in [0.25, 0.3) is 10.9 Å². The number of aromatic amines is 1. The number of pyridine rings is 1. The molecular weight excluding hydrogens is 420 g/mol. The summed E-state index contributed by atoms with van der Waals surface area (Å²) in [5, 5.41) is 14.0. The summed E-state index contributed by atoms with van der Waals surface area (Å²) < 4.78 is 0. The van der Waals surface area contributed by atoms with Crippen LogP contribution in [0, 0.1) is 0 Å². The highest BCUT2D eigenvalue weighted by Gasteiger charge is 2.21. The second-order valence-electron chi connectivity index (χ2n) is 7.18. The van der Waals surface area contributed by atoms with E-state index < -0.39 is 6.04 Å². The molecule has 7 heteroatoms. The van der Waals surface area contributed by atoms with Crippen LogP contribution in [0.4, 0.5) is 0 Å². The highest BCUT2D eigenvalue weighted by molar-refractivity contribution is 7.80. The van der Waals surface area contributed by atoms with Crippen LogP contribution in [-0.4, -0.2) is 27.1 Å². The zero-order valence-corrected chi connectivity index (χ0v) is 18.1. The molecule has 2 aromatic carbocycles. The molecule has 0 aliphatic carbocycles. The van der Waals surface area contributed by atoms with E-state index in [9.17, 15) is 14.7 Å². The topological polar surface area (TPSA) is 82.2 Å². The zero-order valence-electron chi connectivity index (χ0n) is 16.6. The summed E-state index contributed by atoms with van der Waals surface area (Å²) in [6.45, 7) is 2.13. The van der Waals surface area contributed by atoms with Gasteiger partial charge in [0.05, 0.1) is 0 Å². The number of unbranched alkanes of at least 4 members (excludes halogenated alkanes) is 1.